The van der Waals surface area contributed by atoms with Gasteiger partial charge in [-0.25, -0.2) is 9.99 Å². The standard InChI is InChI=1S/C19H27N5OS/c1-23-8-10-24(11-9-23)22-18(25)17-16(20)14-12-13-6-4-2-3-5-7-15(13)21-19(14)26-17/h12H,2-11,20H2,1H3,(H,22,25). The lowest BCUT2D eigenvalue weighted by molar-refractivity contribution is 0.0667. The van der Waals surface area contributed by atoms with Crippen LogP contribution in [-0.2, 0) is 12.8 Å². The van der Waals surface area contributed by atoms with Gasteiger partial charge >= 0.3 is 0 Å². The zero-order valence-electron chi connectivity index (χ0n) is 15.4. The fraction of sp³-hybridized carbons (Fsp3) is 0.579. The molecule has 26 heavy (non-hydrogen) atoms. The molecule has 1 saturated heterocycles. The summed E-state index contributed by atoms with van der Waals surface area (Å²) in [5.74, 6) is -0.109. The number of piperazine rings is 1. The molecule has 0 bridgehead atoms. The van der Waals surface area contributed by atoms with E-state index in [1.165, 1.54) is 48.3 Å². The molecular weight excluding hydrogens is 346 g/mol. The topological polar surface area (TPSA) is 74.5 Å². The van der Waals surface area contributed by atoms with Crippen molar-refractivity contribution in [2.75, 3.05) is 39.0 Å². The number of aryl methyl sites for hydroxylation is 2. The van der Waals surface area contributed by atoms with Crippen LogP contribution in [0.25, 0.3) is 10.2 Å². The molecule has 3 heterocycles. The van der Waals surface area contributed by atoms with Crippen LogP contribution >= 0.6 is 11.3 Å². The zero-order valence-corrected chi connectivity index (χ0v) is 16.2. The van der Waals surface area contributed by atoms with Crippen molar-refractivity contribution in [1.82, 2.24) is 20.3 Å². The quantitative estimate of drug-likeness (QED) is 0.846. The molecule has 2 aromatic rings. The minimum Gasteiger partial charge on any atom is -0.397 e. The van der Waals surface area contributed by atoms with Crippen LogP contribution in [0.3, 0.4) is 0 Å². The summed E-state index contributed by atoms with van der Waals surface area (Å²) in [7, 11) is 2.10. The number of nitrogens with one attached hydrogen (secondary N) is 1. The Labute approximate surface area is 158 Å². The average Bonchev–Trinajstić information content (AvgIpc) is 2.93. The van der Waals surface area contributed by atoms with E-state index >= 15 is 0 Å². The highest BCUT2D eigenvalue weighted by Crippen LogP contribution is 2.35. The number of amides is 1. The van der Waals surface area contributed by atoms with Gasteiger partial charge in [-0.3, -0.25) is 10.2 Å². The third kappa shape index (κ3) is 3.56. The zero-order chi connectivity index (χ0) is 18.1. The molecule has 4 rings (SSSR count). The number of nitrogen functional groups attached to an aromatic ring is 1. The summed E-state index contributed by atoms with van der Waals surface area (Å²) in [5.41, 5.74) is 12.5. The van der Waals surface area contributed by atoms with Gasteiger partial charge in [-0.1, -0.05) is 12.8 Å². The third-order valence-corrected chi connectivity index (χ3v) is 6.58. The maximum absolute atomic E-state index is 12.8. The van der Waals surface area contributed by atoms with E-state index in [1.807, 2.05) is 5.01 Å². The Bertz CT molecular complexity index is 810. The third-order valence-electron chi connectivity index (χ3n) is 5.47. The van der Waals surface area contributed by atoms with Crippen LogP contribution in [0.15, 0.2) is 6.07 Å². The minimum absolute atomic E-state index is 0.109. The van der Waals surface area contributed by atoms with Crippen LogP contribution in [-0.4, -0.2) is 54.0 Å². The van der Waals surface area contributed by atoms with Crippen molar-refractivity contribution in [2.45, 2.75) is 38.5 Å². The van der Waals surface area contributed by atoms with Crippen molar-refractivity contribution in [3.63, 3.8) is 0 Å². The molecule has 140 valence electrons. The number of carbonyl (C=O) groups is 1. The number of nitrogens with two attached hydrogens (primary N) is 1. The first-order valence-corrected chi connectivity index (χ1v) is 10.4. The lowest BCUT2D eigenvalue weighted by Gasteiger charge is -2.32. The van der Waals surface area contributed by atoms with Gasteiger partial charge in [-0.15, -0.1) is 11.3 Å². The van der Waals surface area contributed by atoms with Crippen LogP contribution in [0.4, 0.5) is 5.69 Å². The maximum atomic E-state index is 12.8. The molecule has 1 aliphatic carbocycles. The summed E-state index contributed by atoms with van der Waals surface area (Å²) in [6.45, 7) is 3.58. The number of thiophene rings is 1. The number of anilines is 1. The summed E-state index contributed by atoms with van der Waals surface area (Å²) >= 11 is 1.42. The average molecular weight is 374 g/mol. The number of hydrogen-bond acceptors (Lipinski definition) is 6. The highest BCUT2D eigenvalue weighted by molar-refractivity contribution is 7.21. The SMILES string of the molecule is CN1CCN(NC(=O)c2sc3nc4c(cc3c2N)CCCCCC4)CC1. The molecular formula is C19H27N5OS. The Balaban J connectivity index is 1.59. The lowest BCUT2D eigenvalue weighted by atomic mass is 9.96. The molecule has 1 fully saturated rings. The molecule has 6 nitrogen and oxygen atoms in total. The smallest absolute Gasteiger partial charge is 0.277 e. The largest absolute Gasteiger partial charge is 0.397 e. The molecule has 0 radical (unpaired) electrons. The lowest BCUT2D eigenvalue weighted by Crippen LogP contribution is -2.52. The van der Waals surface area contributed by atoms with Crippen LogP contribution in [0.5, 0.6) is 0 Å². The van der Waals surface area contributed by atoms with Gasteiger partial charge in [0.1, 0.15) is 9.71 Å². The number of fused-ring (bicyclic) bond motifs is 2. The number of rotatable bonds is 2. The molecule has 0 atom stereocenters. The van der Waals surface area contributed by atoms with Gasteiger partial charge < -0.3 is 10.6 Å². The number of nitrogens with zero attached hydrogens (tertiary/aromatic N) is 3. The molecule has 0 saturated carbocycles. The predicted octanol–water partition coefficient (Wildman–Crippen LogP) is 2.43. The van der Waals surface area contributed by atoms with Crippen molar-refractivity contribution in [3.8, 4) is 0 Å². The second-order valence-electron chi connectivity index (χ2n) is 7.44. The molecule has 0 spiro atoms. The Kier molecular flexibility index (Phi) is 5.11. The van der Waals surface area contributed by atoms with E-state index in [0.717, 1.165) is 49.2 Å². The number of pyridine rings is 1. The van der Waals surface area contributed by atoms with E-state index in [0.29, 0.717) is 10.6 Å². The fourth-order valence-corrected chi connectivity index (χ4v) is 4.78. The summed E-state index contributed by atoms with van der Waals surface area (Å²) in [5, 5.41) is 2.93. The van der Waals surface area contributed by atoms with Gasteiger partial charge in [-0.2, -0.15) is 0 Å². The highest BCUT2D eigenvalue weighted by atomic mass is 32.1. The van der Waals surface area contributed by atoms with E-state index in [4.69, 9.17) is 10.7 Å². The van der Waals surface area contributed by atoms with Crippen molar-refractivity contribution in [2.24, 2.45) is 0 Å². The molecule has 3 N–H and O–H groups in total. The second kappa shape index (κ2) is 7.50. The Morgan fingerprint density at radius 3 is 2.65 bits per heavy atom. The van der Waals surface area contributed by atoms with Crippen LogP contribution in [0, 0.1) is 0 Å². The predicted molar refractivity (Wildman–Crippen MR) is 106 cm³/mol. The number of aromatic nitrogens is 1. The van der Waals surface area contributed by atoms with Gasteiger partial charge in [0.15, 0.2) is 0 Å². The van der Waals surface area contributed by atoms with E-state index in [1.54, 1.807) is 0 Å². The molecule has 0 unspecified atom stereocenters. The fourth-order valence-electron chi connectivity index (χ4n) is 3.79. The van der Waals surface area contributed by atoms with Crippen LogP contribution in [0.2, 0.25) is 0 Å². The number of carbonyl (C=O) groups excluding carboxylic acids is 1. The molecule has 1 aliphatic heterocycles. The summed E-state index contributed by atoms with van der Waals surface area (Å²) in [6, 6.07) is 2.18. The van der Waals surface area contributed by atoms with E-state index in [-0.39, 0.29) is 5.91 Å². The molecule has 0 aromatic carbocycles. The Hall–Kier alpha value is -1.70. The first-order chi connectivity index (χ1) is 12.6. The Morgan fingerprint density at radius 2 is 1.88 bits per heavy atom. The molecule has 2 aromatic heterocycles. The van der Waals surface area contributed by atoms with Crippen molar-refractivity contribution in [1.29, 1.82) is 0 Å². The van der Waals surface area contributed by atoms with Gasteiger partial charge in [0.25, 0.3) is 5.91 Å². The minimum atomic E-state index is -0.109. The molecule has 2 aliphatic rings. The first-order valence-electron chi connectivity index (χ1n) is 9.57. The monoisotopic (exact) mass is 373 g/mol. The van der Waals surface area contributed by atoms with Gasteiger partial charge in [-0.05, 0) is 44.4 Å². The van der Waals surface area contributed by atoms with E-state index < -0.39 is 0 Å². The second-order valence-corrected chi connectivity index (χ2v) is 8.44. The summed E-state index contributed by atoms with van der Waals surface area (Å²) in [6.07, 6.45) is 7.08. The number of hydrogen-bond donors (Lipinski definition) is 2. The van der Waals surface area contributed by atoms with Gasteiger partial charge in [0, 0.05) is 37.3 Å². The normalized spacial score (nSPS) is 19.7. The van der Waals surface area contributed by atoms with Gasteiger partial charge in [0.2, 0.25) is 0 Å². The van der Waals surface area contributed by atoms with Crippen molar-refractivity contribution < 1.29 is 4.79 Å². The summed E-state index contributed by atoms with van der Waals surface area (Å²) in [4.78, 5) is 21.4. The number of hydrazine groups is 1. The van der Waals surface area contributed by atoms with Gasteiger partial charge in [0.05, 0.1) is 5.69 Å². The molecule has 1 amide bonds. The maximum Gasteiger partial charge on any atom is 0.277 e. The molecule has 7 heteroatoms. The van der Waals surface area contributed by atoms with Crippen LogP contribution in [0.1, 0.15) is 46.6 Å². The first kappa shape index (κ1) is 17.7. The van der Waals surface area contributed by atoms with E-state index in [2.05, 4.69) is 23.4 Å². The van der Waals surface area contributed by atoms with Crippen LogP contribution < -0.4 is 11.2 Å². The van der Waals surface area contributed by atoms with Crippen molar-refractivity contribution in [3.05, 3.63) is 22.2 Å². The van der Waals surface area contributed by atoms with E-state index in [9.17, 15) is 4.79 Å². The van der Waals surface area contributed by atoms with Crippen molar-refractivity contribution >= 4 is 33.1 Å². The summed E-state index contributed by atoms with van der Waals surface area (Å²) < 4.78 is 0. The number of likely N-dealkylation sites (N-methyl/N-ethyl adjacent to an activating group) is 1. The highest BCUT2D eigenvalue weighted by Gasteiger charge is 2.22. The Morgan fingerprint density at radius 1 is 1.15 bits per heavy atom.